The van der Waals surface area contributed by atoms with E-state index in [1.807, 2.05) is 13.8 Å². The number of carbonyl (C=O) groups is 1. The molecule has 0 spiro atoms. The van der Waals surface area contributed by atoms with E-state index >= 15 is 0 Å². The molecule has 2 heteroatoms. The normalized spacial score (nSPS) is 12.2. The summed E-state index contributed by atoms with van der Waals surface area (Å²) in [5, 5.41) is 0. The van der Waals surface area contributed by atoms with Crippen molar-refractivity contribution >= 4 is 6.47 Å². The van der Waals surface area contributed by atoms with Crippen LogP contribution in [-0.4, -0.2) is 13.1 Å². The second kappa shape index (κ2) is 4.13. The van der Waals surface area contributed by atoms with Crippen molar-refractivity contribution < 1.29 is 9.53 Å². The molecule has 9 heavy (non-hydrogen) atoms. The van der Waals surface area contributed by atoms with E-state index < -0.39 is 0 Å². The van der Waals surface area contributed by atoms with E-state index in [4.69, 9.17) is 0 Å². The van der Waals surface area contributed by atoms with Gasteiger partial charge in [-0.1, -0.05) is 19.1 Å². The molecule has 0 aliphatic carbocycles. The average Bonchev–Trinajstić information content (AvgIpc) is 1.82. The highest BCUT2D eigenvalue weighted by atomic mass is 16.5. The summed E-state index contributed by atoms with van der Waals surface area (Å²) in [7, 11) is 0. The number of hydrogen-bond acceptors (Lipinski definition) is 2. The lowest BCUT2D eigenvalue weighted by molar-refractivity contribution is -0.129. The molecule has 0 saturated carbocycles. The Labute approximate surface area is 55.5 Å². The van der Waals surface area contributed by atoms with E-state index in [1.165, 1.54) is 0 Å². The minimum absolute atomic E-state index is 0.273. The molecule has 0 aromatic heterocycles. The van der Waals surface area contributed by atoms with Crippen LogP contribution in [0.5, 0.6) is 0 Å². The van der Waals surface area contributed by atoms with Crippen molar-refractivity contribution in [2.75, 3.05) is 6.61 Å². The molecule has 0 aliphatic heterocycles. The first kappa shape index (κ1) is 8.21. The fourth-order valence-electron chi connectivity index (χ4n) is 0.326. The smallest absolute Gasteiger partial charge is 0.293 e. The SMILES string of the molecule is C=C(C)C(C)COC=O. The van der Waals surface area contributed by atoms with Crippen molar-refractivity contribution in [3.63, 3.8) is 0 Å². The molecule has 0 rings (SSSR count). The maximum atomic E-state index is 9.68. The Morgan fingerprint density at radius 2 is 2.44 bits per heavy atom. The van der Waals surface area contributed by atoms with Crippen LogP contribution in [0.4, 0.5) is 0 Å². The van der Waals surface area contributed by atoms with Crippen molar-refractivity contribution in [1.82, 2.24) is 0 Å². The van der Waals surface area contributed by atoms with Crippen molar-refractivity contribution in [3.05, 3.63) is 12.2 Å². The van der Waals surface area contributed by atoms with E-state index in [9.17, 15) is 4.79 Å². The average molecular weight is 128 g/mol. The Hall–Kier alpha value is -0.790. The molecule has 52 valence electrons. The zero-order valence-corrected chi connectivity index (χ0v) is 5.89. The van der Waals surface area contributed by atoms with Gasteiger partial charge in [0.2, 0.25) is 0 Å². The fraction of sp³-hybridized carbons (Fsp3) is 0.571. The molecule has 1 atom stereocenters. The maximum absolute atomic E-state index is 9.68. The zero-order valence-electron chi connectivity index (χ0n) is 5.89. The van der Waals surface area contributed by atoms with E-state index in [0.29, 0.717) is 13.1 Å². The van der Waals surface area contributed by atoms with Gasteiger partial charge in [0.05, 0.1) is 6.61 Å². The van der Waals surface area contributed by atoms with E-state index in [1.54, 1.807) is 0 Å². The first-order valence-corrected chi connectivity index (χ1v) is 2.89. The molecule has 0 aromatic carbocycles. The Kier molecular flexibility index (Phi) is 3.76. The van der Waals surface area contributed by atoms with Gasteiger partial charge in [0.15, 0.2) is 0 Å². The lowest BCUT2D eigenvalue weighted by Crippen LogP contribution is -2.04. The van der Waals surface area contributed by atoms with Crippen LogP contribution in [0.1, 0.15) is 13.8 Å². The van der Waals surface area contributed by atoms with Crippen LogP contribution in [0, 0.1) is 5.92 Å². The third-order valence-electron chi connectivity index (χ3n) is 1.26. The predicted octanol–water partition coefficient (Wildman–Crippen LogP) is 1.37. The summed E-state index contributed by atoms with van der Waals surface area (Å²) in [6.07, 6.45) is 0. The van der Waals surface area contributed by atoms with Crippen LogP contribution < -0.4 is 0 Å². The molecule has 0 heterocycles. The number of carbonyl (C=O) groups excluding carboxylic acids is 1. The molecule has 0 aromatic rings. The van der Waals surface area contributed by atoms with Gasteiger partial charge in [-0.3, -0.25) is 4.79 Å². The number of ether oxygens (including phenoxy) is 1. The lowest BCUT2D eigenvalue weighted by atomic mass is 10.1. The first-order chi connectivity index (χ1) is 4.18. The second-order valence-electron chi connectivity index (χ2n) is 2.18. The molecule has 0 fully saturated rings. The van der Waals surface area contributed by atoms with Crippen LogP contribution >= 0.6 is 0 Å². The monoisotopic (exact) mass is 128 g/mol. The van der Waals surface area contributed by atoms with Gasteiger partial charge in [0.25, 0.3) is 6.47 Å². The van der Waals surface area contributed by atoms with Crippen molar-refractivity contribution in [3.8, 4) is 0 Å². The lowest BCUT2D eigenvalue weighted by Gasteiger charge is -2.07. The van der Waals surface area contributed by atoms with Crippen molar-refractivity contribution in [2.45, 2.75) is 13.8 Å². The van der Waals surface area contributed by atoms with Gasteiger partial charge in [-0.2, -0.15) is 0 Å². The minimum Gasteiger partial charge on any atom is -0.467 e. The number of rotatable bonds is 4. The Morgan fingerprint density at radius 1 is 1.89 bits per heavy atom. The van der Waals surface area contributed by atoms with Crippen LogP contribution in [0.2, 0.25) is 0 Å². The van der Waals surface area contributed by atoms with Gasteiger partial charge in [0.1, 0.15) is 0 Å². The Morgan fingerprint density at radius 3 is 2.78 bits per heavy atom. The molecule has 0 radical (unpaired) electrons. The molecule has 1 unspecified atom stereocenters. The molecule has 2 nitrogen and oxygen atoms in total. The standard InChI is InChI=1S/C7H12O2/c1-6(2)7(3)4-9-5-8/h5,7H,1,4H2,2-3H3. The van der Waals surface area contributed by atoms with Crippen molar-refractivity contribution in [1.29, 1.82) is 0 Å². The van der Waals surface area contributed by atoms with Crippen LogP contribution in [-0.2, 0) is 9.53 Å². The highest BCUT2D eigenvalue weighted by Gasteiger charge is 2.00. The number of hydrogen-bond donors (Lipinski definition) is 0. The van der Waals surface area contributed by atoms with Gasteiger partial charge in [0, 0.05) is 5.92 Å². The van der Waals surface area contributed by atoms with Gasteiger partial charge in [-0.15, -0.1) is 0 Å². The molecule has 0 saturated heterocycles. The minimum atomic E-state index is 0.273. The largest absolute Gasteiger partial charge is 0.467 e. The van der Waals surface area contributed by atoms with Crippen LogP contribution in [0.25, 0.3) is 0 Å². The fourth-order valence-corrected chi connectivity index (χ4v) is 0.326. The van der Waals surface area contributed by atoms with E-state index in [-0.39, 0.29) is 5.92 Å². The zero-order chi connectivity index (χ0) is 7.28. The Balaban J connectivity index is 3.37. The maximum Gasteiger partial charge on any atom is 0.293 e. The summed E-state index contributed by atoms with van der Waals surface area (Å²) in [6, 6.07) is 0. The van der Waals surface area contributed by atoms with Gasteiger partial charge in [-0.05, 0) is 6.92 Å². The van der Waals surface area contributed by atoms with Crippen LogP contribution in [0.3, 0.4) is 0 Å². The third-order valence-corrected chi connectivity index (χ3v) is 1.26. The Bertz CT molecular complexity index is 107. The summed E-state index contributed by atoms with van der Waals surface area (Å²) in [5.41, 5.74) is 1.04. The van der Waals surface area contributed by atoms with Crippen molar-refractivity contribution in [2.24, 2.45) is 5.92 Å². The molecule has 0 N–H and O–H groups in total. The van der Waals surface area contributed by atoms with E-state index in [0.717, 1.165) is 5.57 Å². The van der Waals surface area contributed by atoms with Gasteiger partial charge in [-0.25, -0.2) is 0 Å². The molecule has 0 aliphatic rings. The second-order valence-corrected chi connectivity index (χ2v) is 2.18. The van der Waals surface area contributed by atoms with E-state index in [2.05, 4.69) is 11.3 Å². The molecular weight excluding hydrogens is 116 g/mol. The highest BCUT2D eigenvalue weighted by molar-refractivity contribution is 5.36. The third kappa shape index (κ3) is 3.76. The summed E-state index contributed by atoms with van der Waals surface area (Å²) >= 11 is 0. The van der Waals surface area contributed by atoms with Gasteiger partial charge < -0.3 is 4.74 Å². The topological polar surface area (TPSA) is 26.3 Å². The summed E-state index contributed by atoms with van der Waals surface area (Å²) < 4.78 is 4.52. The quantitative estimate of drug-likeness (QED) is 0.422. The predicted molar refractivity (Wildman–Crippen MR) is 36.0 cm³/mol. The molecular formula is C7H12O2. The summed E-state index contributed by atoms with van der Waals surface area (Å²) in [4.78, 5) is 9.68. The summed E-state index contributed by atoms with van der Waals surface area (Å²) in [5.74, 6) is 0.273. The van der Waals surface area contributed by atoms with Gasteiger partial charge >= 0.3 is 0 Å². The molecule has 0 bridgehead atoms. The summed E-state index contributed by atoms with van der Waals surface area (Å²) in [6.45, 7) is 8.49. The van der Waals surface area contributed by atoms with Crippen LogP contribution in [0.15, 0.2) is 12.2 Å². The first-order valence-electron chi connectivity index (χ1n) is 2.89. The molecule has 0 amide bonds. The highest BCUT2D eigenvalue weighted by Crippen LogP contribution is 2.05.